The average molecular weight is 324 g/mol. The number of halogens is 1. The Bertz CT molecular complexity index is 498. The van der Waals surface area contributed by atoms with Crippen LogP contribution in [0.25, 0.3) is 0 Å². The van der Waals surface area contributed by atoms with E-state index in [1.807, 2.05) is 30.3 Å². The lowest BCUT2D eigenvalue weighted by atomic mass is 9.71. The molecule has 1 fully saturated rings. The van der Waals surface area contributed by atoms with E-state index in [1.165, 1.54) is 0 Å². The van der Waals surface area contributed by atoms with Crippen molar-refractivity contribution >= 4 is 23.5 Å². The fourth-order valence-corrected chi connectivity index (χ4v) is 3.22. The number of ketones is 1. The van der Waals surface area contributed by atoms with Gasteiger partial charge in [0, 0.05) is 12.0 Å². The molecule has 0 spiro atoms. The van der Waals surface area contributed by atoms with Crippen LogP contribution in [0.4, 0.5) is 4.79 Å². The minimum atomic E-state index is -0.508. The summed E-state index contributed by atoms with van der Waals surface area (Å²) in [6, 6.07) is 9.49. The summed E-state index contributed by atoms with van der Waals surface area (Å²) in [7, 11) is 0. The summed E-state index contributed by atoms with van der Waals surface area (Å²) in [6.07, 6.45) is 4.23. The molecular weight excluding hydrogens is 302 g/mol. The van der Waals surface area contributed by atoms with Gasteiger partial charge in [0.2, 0.25) is 0 Å². The van der Waals surface area contributed by atoms with E-state index in [4.69, 9.17) is 16.3 Å². The Morgan fingerprint density at radius 1 is 1.14 bits per heavy atom. The molecule has 1 aromatic rings. The minimum Gasteiger partial charge on any atom is -0.445 e. The first-order valence-corrected chi connectivity index (χ1v) is 8.23. The van der Waals surface area contributed by atoms with Gasteiger partial charge in [-0.3, -0.25) is 4.79 Å². The van der Waals surface area contributed by atoms with Crippen molar-refractivity contribution in [2.24, 2.45) is 5.41 Å². The zero-order valence-electron chi connectivity index (χ0n) is 12.6. The second kappa shape index (κ2) is 8.18. The average Bonchev–Trinajstić information content (AvgIpc) is 2.59. The fraction of sp³-hybridized carbons (Fsp3) is 0.529. The number of nitrogens with one attached hydrogen (secondary N) is 1. The molecule has 22 heavy (non-hydrogen) atoms. The maximum Gasteiger partial charge on any atom is 0.407 e. The lowest BCUT2D eigenvalue weighted by molar-refractivity contribution is -0.127. The number of rotatable bonds is 6. The molecule has 1 saturated carbocycles. The van der Waals surface area contributed by atoms with Crippen LogP contribution in [-0.4, -0.2) is 24.3 Å². The van der Waals surface area contributed by atoms with E-state index < -0.39 is 11.5 Å². The van der Waals surface area contributed by atoms with Crippen molar-refractivity contribution in [3.05, 3.63) is 35.9 Å². The number of ether oxygens (including phenoxy) is 1. The molecule has 120 valence electrons. The summed E-state index contributed by atoms with van der Waals surface area (Å²) < 4.78 is 5.18. The highest BCUT2D eigenvalue weighted by molar-refractivity contribution is 6.28. The van der Waals surface area contributed by atoms with Gasteiger partial charge in [-0.1, -0.05) is 49.6 Å². The van der Waals surface area contributed by atoms with Crippen molar-refractivity contribution in [1.29, 1.82) is 0 Å². The smallest absolute Gasteiger partial charge is 0.407 e. The van der Waals surface area contributed by atoms with Crippen LogP contribution in [0.15, 0.2) is 30.3 Å². The van der Waals surface area contributed by atoms with Gasteiger partial charge in [-0.25, -0.2) is 4.79 Å². The molecule has 1 N–H and O–H groups in total. The Balaban J connectivity index is 1.84. The van der Waals surface area contributed by atoms with E-state index in [9.17, 15) is 9.59 Å². The van der Waals surface area contributed by atoms with E-state index in [0.29, 0.717) is 6.54 Å². The van der Waals surface area contributed by atoms with Crippen LogP contribution in [0.5, 0.6) is 0 Å². The van der Waals surface area contributed by atoms with Crippen molar-refractivity contribution in [1.82, 2.24) is 5.32 Å². The van der Waals surface area contributed by atoms with Gasteiger partial charge in [0.25, 0.3) is 0 Å². The van der Waals surface area contributed by atoms with E-state index in [-0.39, 0.29) is 18.3 Å². The molecule has 1 aliphatic carbocycles. The van der Waals surface area contributed by atoms with E-state index in [1.54, 1.807) is 0 Å². The fourth-order valence-electron chi connectivity index (χ4n) is 2.94. The van der Waals surface area contributed by atoms with Gasteiger partial charge in [0.1, 0.15) is 6.61 Å². The number of carbonyl (C=O) groups is 2. The summed E-state index contributed by atoms with van der Waals surface area (Å²) in [4.78, 5) is 24.0. The Labute approximate surface area is 136 Å². The first-order valence-electron chi connectivity index (χ1n) is 7.70. The number of Topliss-reactive ketones (excluding diaryl/α,β-unsaturated/α-hetero) is 1. The van der Waals surface area contributed by atoms with Gasteiger partial charge in [0.05, 0.1) is 5.88 Å². The van der Waals surface area contributed by atoms with Gasteiger partial charge < -0.3 is 10.1 Å². The molecule has 0 unspecified atom stereocenters. The van der Waals surface area contributed by atoms with E-state index >= 15 is 0 Å². The van der Waals surface area contributed by atoms with E-state index in [0.717, 1.165) is 37.7 Å². The van der Waals surface area contributed by atoms with Crippen molar-refractivity contribution in [2.75, 3.05) is 12.4 Å². The highest BCUT2D eigenvalue weighted by Gasteiger charge is 2.38. The maximum absolute atomic E-state index is 12.2. The minimum absolute atomic E-state index is 0.000737. The van der Waals surface area contributed by atoms with Crippen LogP contribution in [0.2, 0.25) is 0 Å². The molecule has 0 saturated heterocycles. The third-order valence-electron chi connectivity index (χ3n) is 4.31. The second-order valence-electron chi connectivity index (χ2n) is 5.81. The number of alkyl halides is 1. The van der Waals surface area contributed by atoms with Crippen molar-refractivity contribution < 1.29 is 14.3 Å². The first-order chi connectivity index (χ1) is 10.7. The SMILES string of the molecule is O=C(NCC1(C(=O)CCl)CCCCC1)OCc1ccccc1. The van der Waals surface area contributed by atoms with Gasteiger partial charge in [0.15, 0.2) is 5.78 Å². The lowest BCUT2D eigenvalue weighted by Crippen LogP contribution is -2.45. The predicted molar refractivity (Wildman–Crippen MR) is 85.9 cm³/mol. The largest absolute Gasteiger partial charge is 0.445 e. The number of benzene rings is 1. The summed E-state index contributed by atoms with van der Waals surface area (Å²) in [6.45, 7) is 0.537. The van der Waals surface area contributed by atoms with Gasteiger partial charge in [-0.2, -0.15) is 0 Å². The number of hydrogen-bond acceptors (Lipinski definition) is 3. The number of amides is 1. The molecule has 0 aliphatic heterocycles. The normalized spacial score (nSPS) is 16.8. The molecule has 1 aliphatic rings. The Morgan fingerprint density at radius 2 is 1.82 bits per heavy atom. The molecule has 0 aromatic heterocycles. The van der Waals surface area contributed by atoms with Crippen LogP contribution in [0, 0.1) is 5.41 Å². The van der Waals surface area contributed by atoms with Gasteiger partial charge >= 0.3 is 6.09 Å². The lowest BCUT2D eigenvalue weighted by Gasteiger charge is -2.35. The van der Waals surface area contributed by atoms with Crippen LogP contribution in [0.1, 0.15) is 37.7 Å². The van der Waals surface area contributed by atoms with Gasteiger partial charge in [-0.05, 0) is 18.4 Å². The van der Waals surface area contributed by atoms with Crippen molar-refractivity contribution in [3.63, 3.8) is 0 Å². The zero-order valence-corrected chi connectivity index (χ0v) is 13.4. The quantitative estimate of drug-likeness (QED) is 0.813. The molecule has 0 bridgehead atoms. The highest BCUT2D eigenvalue weighted by Crippen LogP contribution is 2.37. The van der Waals surface area contributed by atoms with Gasteiger partial charge in [-0.15, -0.1) is 11.6 Å². The maximum atomic E-state index is 12.2. The zero-order chi connectivity index (χ0) is 15.8. The standard InChI is InChI=1S/C17H22ClNO3/c18-11-15(20)17(9-5-2-6-10-17)13-19-16(21)22-12-14-7-3-1-4-8-14/h1,3-4,7-8H,2,5-6,9-13H2,(H,19,21). The third-order valence-corrected chi connectivity index (χ3v) is 4.55. The Hall–Kier alpha value is -1.55. The topological polar surface area (TPSA) is 55.4 Å². The van der Waals surface area contributed by atoms with Crippen LogP contribution in [0.3, 0.4) is 0 Å². The van der Waals surface area contributed by atoms with Crippen LogP contribution < -0.4 is 5.32 Å². The third kappa shape index (κ3) is 4.47. The molecule has 4 nitrogen and oxygen atoms in total. The number of alkyl carbamates (subject to hydrolysis) is 1. The summed E-state index contributed by atoms with van der Waals surface area (Å²) in [5.41, 5.74) is 0.424. The number of hydrogen-bond donors (Lipinski definition) is 1. The van der Waals surface area contributed by atoms with E-state index in [2.05, 4.69) is 5.32 Å². The molecule has 5 heteroatoms. The molecule has 0 radical (unpaired) electrons. The summed E-state index contributed by atoms with van der Waals surface area (Å²) >= 11 is 5.74. The molecule has 1 amide bonds. The molecule has 0 heterocycles. The predicted octanol–water partition coefficient (Wildman–Crippen LogP) is 3.67. The molecule has 2 rings (SSSR count). The first kappa shape index (κ1) is 16.8. The van der Waals surface area contributed by atoms with Crippen molar-refractivity contribution in [3.8, 4) is 0 Å². The molecular formula is C17H22ClNO3. The highest BCUT2D eigenvalue weighted by atomic mass is 35.5. The van der Waals surface area contributed by atoms with Crippen LogP contribution >= 0.6 is 11.6 Å². The monoisotopic (exact) mass is 323 g/mol. The summed E-state index contributed by atoms with van der Waals surface area (Å²) in [5.74, 6) is 0.0259. The van der Waals surface area contributed by atoms with Crippen molar-refractivity contribution in [2.45, 2.75) is 38.7 Å². The second-order valence-corrected chi connectivity index (χ2v) is 6.08. The molecule has 0 atom stereocenters. The van der Waals surface area contributed by atoms with Crippen LogP contribution in [-0.2, 0) is 16.1 Å². The summed E-state index contributed by atoms with van der Waals surface area (Å²) in [5, 5.41) is 2.74. The Kier molecular flexibility index (Phi) is 6.25. The Morgan fingerprint density at radius 3 is 2.45 bits per heavy atom. The molecule has 1 aromatic carbocycles. The number of carbonyl (C=O) groups excluding carboxylic acids is 2.